The summed E-state index contributed by atoms with van der Waals surface area (Å²) >= 11 is 0. The highest BCUT2D eigenvalue weighted by molar-refractivity contribution is 5.73. The summed E-state index contributed by atoms with van der Waals surface area (Å²) in [4.78, 5) is 28.0. The lowest BCUT2D eigenvalue weighted by Gasteiger charge is -2.35. The second-order valence-corrected chi connectivity index (χ2v) is 9.58. The Balaban J connectivity index is 1.55. The standard InChI is InChI=1S/C26H33N3O4/c1-28-11-9-21(25(30)31)23(15-28)17-5-3-7-19(13-17)27-20-8-4-6-18(14-20)24-16-29(2)12-10-22(24)26(32)33/h3-8,13-14,21-24,27H,9-12,15-16H2,1-2H3,(H,30,31)(H,32,33). The number of benzene rings is 2. The Labute approximate surface area is 195 Å². The summed E-state index contributed by atoms with van der Waals surface area (Å²) in [6, 6.07) is 16.0. The molecule has 33 heavy (non-hydrogen) atoms. The molecule has 2 heterocycles. The van der Waals surface area contributed by atoms with E-state index in [0.29, 0.717) is 12.8 Å². The lowest BCUT2D eigenvalue weighted by molar-refractivity contribution is -0.145. The van der Waals surface area contributed by atoms with Crippen LogP contribution in [0.4, 0.5) is 11.4 Å². The number of aliphatic carboxylic acids is 2. The van der Waals surface area contributed by atoms with Gasteiger partial charge >= 0.3 is 11.9 Å². The van der Waals surface area contributed by atoms with E-state index in [9.17, 15) is 19.8 Å². The van der Waals surface area contributed by atoms with Crippen molar-refractivity contribution in [3.05, 3.63) is 59.7 Å². The highest BCUT2D eigenvalue weighted by atomic mass is 16.4. The molecule has 0 aromatic heterocycles. The molecule has 0 saturated carbocycles. The van der Waals surface area contributed by atoms with Gasteiger partial charge in [0.05, 0.1) is 11.8 Å². The molecule has 2 fully saturated rings. The summed E-state index contributed by atoms with van der Waals surface area (Å²) in [5, 5.41) is 22.9. The molecule has 4 atom stereocenters. The summed E-state index contributed by atoms with van der Waals surface area (Å²) < 4.78 is 0. The van der Waals surface area contributed by atoms with Gasteiger partial charge in [0, 0.05) is 36.3 Å². The maximum Gasteiger partial charge on any atom is 0.307 e. The molecule has 0 aliphatic carbocycles. The first-order chi connectivity index (χ1) is 15.8. The first-order valence-electron chi connectivity index (χ1n) is 11.6. The number of nitrogens with zero attached hydrogens (tertiary/aromatic N) is 2. The third-order valence-corrected chi connectivity index (χ3v) is 7.18. The van der Waals surface area contributed by atoms with Crippen LogP contribution >= 0.6 is 0 Å². The maximum atomic E-state index is 11.8. The molecule has 0 amide bonds. The van der Waals surface area contributed by atoms with Crippen LogP contribution in [0.5, 0.6) is 0 Å². The second-order valence-electron chi connectivity index (χ2n) is 9.58. The molecule has 2 aromatic rings. The topological polar surface area (TPSA) is 93.1 Å². The van der Waals surface area contributed by atoms with Crippen molar-refractivity contribution in [2.24, 2.45) is 11.8 Å². The van der Waals surface area contributed by atoms with E-state index in [1.807, 2.05) is 62.6 Å². The number of nitrogens with one attached hydrogen (secondary N) is 1. The Morgan fingerprint density at radius 2 is 1.21 bits per heavy atom. The number of rotatable bonds is 6. The molecule has 176 valence electrons. The van der Waals surface area contributed by atoms with Gasteiger partial charge in [-0.05, 0) is 75.4 Å². The monoisotopic (exact) mass is 451 g/mol. The molecule has 2 aliphatic heterocycles. The van der Waals surface area contributed by atoms with Gasteiger partial charge < -0.3 is 25.3 Å². The van der Waals surface area contributed by atoms with Gasteiger partial charge in [-0.25, -0.2) is 0 Å². The van der Waals surface area contributed by atoms with Crippen LogP contribution < -0.4 is 5.32 Å². The van der Waals surface area contributed by atoms with E-state index < -0.39 is 11.9 Å². The first-order valence-corrected chi connectivity index (χ1v) is 11.6. The number of carboxylic acids is 2. The highest BCUT2D eigenvalue weighted by Crippen LogP contribution is 2.36. The van der Waals surface area contributed by atoms with E-state index in [0.717, 1.165) is 48.7 Å². The van der Waals surface area contributed by atoms with Crippen molar-refractivity contribution >= 4 is 23.3 Å². The van der Waals surface area contributed by atoms with Crippen molar-refractivity contribution in [1.29, 1.82) is 0 Å². The lowest BCUT2D eigenvalue weighted by atomic mass is 9.80. The summed E-state index contributed by atoms with van der Waals surface area (Å²) in [5.74, 6) is -2.33. The van der Waals surface area contributed by atoms with Gasteiger partial charge in [-0.3, -0.25) is 9.59 Å². The van der Waals surface area contributed by atoms with E-state index >= 15 is 0 Å². The first kappa shape index (κ1) is 23.3. The summed E-state index contributed by atoms with van der Waals surface area (Å²) in [6.07, 6.45) is 1.30. The number of carbonyl (C=O) groups is 2. The molecule has 4 rings (SSSR count). The molecule has 0 radical (unpaired) electrons. The Morgan fingerprint density at radius 3 is 1.61 bits per heavy atom. The Morgan fingerprint density at radius 1 is 0.788 bits per heavy atom. The van der Waals surface area contributed by atoms with Crippen molar-refractivity contribution in [1.82, 2.24) is 9.80 Å². The molecule has 0 bridgehead atoms. The van der Waals surface area contributed by atoms with Gasteiger partial charge in [-0.2, -0.15) is 0 Å². The van der Waals surface area contributed by atoms with E-state index in [4.69, 9.17) is 0 Å². The predicted octanol–water partition coefficient (Wildman–Crippen LogP) is 3.67. The average Bonchev–Trinajstić information content (AvgIpc) is 2.79. The molecule has 2 aromatic carbocycles. The maximum absolute atomic E-state index is 11.8. The largest absolute Gasteiger partial charge is 0.481 e. The minimum Gasteiger partial charge on any atom is -0.481 e. The fourth-order valence-electron chi connectivity index (χ4n) is 5.36. The number of carboxylic acid groups (broad SMARTS) is 2. The summed E-state index contributed by atoms with van der Waals surface area (Å²) in [5.41, 5.74) is 3.85. The summed E-state index contributed by atoms with van der Waals surface area (Å²) in [7, 11) is 4.07. The third-order valence-electron chi connectivity index (χ3n) is 7.18. The highest BCUT2D eigenvalue weighted by Gasteiger charge is 2.35. The smallest absolute Gasteiger partial charge is 0.307 e. The second kappa shape index (κ2) is 9.93. The van der Waals surface area contributed by atoms with Gasteiger partial charge in [0.1, 0.15) is 0 Å². The molecule has 7 heteroatoms. The molecule has 7 nitrogen and oxygen atoms in total. The minimum atomic E-state index is -0.732. The number of likely N-dealkylation sites (tertiary alicyclic amines) is 2. The van der Waals surface area contributed by atoms with E-state index in [1.54, 1.807) is 0 Å². The zero-order valence-electron chi connectivity index (χ0n) is 19.3. The molecular formula is C26H33N3O4. The minimum absolute atomic E-state index is 0.0524. The Hall–Kier alpha value is -2.90. The van der Waals surface area contributed by atoms with Gasteiger partial charge in [-0.15, -0.1) is 0 Å². The quantitative estimate of drug-likeness (QED) is 0.617. The average molecular weight is 452 g/mol. The van der Waals surface area contributed by atoms with Gasteiger partial charge in [0.2, 0.25) is 0 Å². The molecule has 4 unspecified atom stereocenters. The normalized spacial score (nSPS) is 26.6. The Kier molecular flexibility index (Phi) is 7.00. The zero-order chi connectivity index (χ0) is 23.5. The van der Waals surface area contributed by atoms with Crippen LogP contribution in [0.1, 0.15) is 35.8 Å². The number of likely N-dealkylation sites (N-methyl/N-ethyl adjacent to an activating group) is 2. The summed E-state index contributed by atoms with van der Waals surface area (Å²) in [6.45, 7) is 3.04. The van der Waals surface area contributed by atoms with Crippen molar-refractivity contribution in [2.75, 3.05) is 45.6 Å². The van der Waals surface area contributed by atoms with Crippen LogP contribution in [0.2, 0.25) is 0 Å². The molecule has 2 aliphatic rings. The molecule has 2 saturated heterocycles. The number of anilines is 2. The van der Waals surface area contributed by atoms with Crippen LogP contribution in [-0.2, 0) is 9.59 Å². The van der Waals surface area contributed by atoms with E-state index in [1.165, 1.54) is 0 Å². The number of hydrogen-bond donors (Lipinski definition) is 3. The van der Waals surface area contributed by atoms with E-state index in [2.05, 4.69) is 15.1 Å². The fraction of sp³-hybridized carbons (Fsp3) is 0.462. The molecule has 3 N–H and O–H groups in total. The van der Waals surface area contributed by atoms with Crippen molar-refractivity contribution < 1.29 is 19.8 Å². The predicted molar refractivity (Wildman–Crippen MR) is 128 cm³/mol. The molecular weight excluding hydrogens is 418 g/mol. The zero-order valence-corrected chi connectivity index (χ0v) is 19.3. The number of piperidine rings is 2. The van der Waals surface area contributed by atoms with Crippen LogP contribution in [-0.4, -0.2) is 72.2 Å². The molecule has 0 spiro atoms. The van der Waals surface area contributed by atoms with Crippen LogP contribution in [0, 0.1) is 11.8 Å². The van der Waals surface area contributed by atoms with Crippen LogP contribution in [0.15, 0.2) is 48.5 Å². The lowest BCUT2D eigenvalue weighted by Crippen LogP contribution is -2.39. The number of hydrogen-bond acceptors (Lipinski definition) is 5. The van der Waals surface area contributed by atoms with Gasteiger partial charge in [0.25, 0.3) is 0 Å². The van der Waals surface area contributed by atoms with E-state index in [-0.39, 0.29) is 23.7 Å². The van der Waals surface area contributed by atoms with Crippen LogP contribution in [0.25, 0.3) is 0 Å². The van der Waals surface area contributed by atoms with Crippen molar-refractivity contribution in [2.45, 2.75) is 24.7 Å². The Bertz CT molecular complexity index is 931. The van der Waals surface area contributed by atoms with Gasteiger partial charge in [-0.1, -0.05) is 24.3 Å². The third kappa shape index (κ3) is 5.37. The van der Waals surface area contributed by atoms with Crippen LogP contribution in [0.3, 0.4) is 0 Å². The fourth-order valence-corrected chi connectivity index (χ4v) is 5.36. The van der Waals surface area contributed by atoms with Crippen molar-refractivity contribution in [3.8, 4) is 0 Å². The SMILES string of the molecule is CN1CCC(C(=O)O)C(c2cccc(Nc3cccc(C4CN(C)CCC4C(=O)O)c3)c2)C1. The van der Waals surface area contributed by atoms with Gasteiger partial charge in [0.15, 0.2) is 0 Å². The van der Waals surface area contributed by atoms with Crippen molar-refractivity contribution in [3.63, 3.8) is 0 Å².